The first-order valence-corrected chi connectivity index (χ1v) is 12.3. The zero-order valence-electron chi connectivity index (χ0n) is 21.3. The number of alkyl halides is 3. The summed E-state index contributed by atoms with van der Waals surface area (Å²) in [6.45, 7) is 7.79. The predicted octanol–water partition coefficient (Wildman–Crippen LogP) is 6.14. The molecule has 1 aliphatic rings. The predicted molar refractivity (Wildman–Crippen MR) is 144 cm³/mol. The number of nitrogens with one attached hydrogen (secondary N) is 1. The Morgan fingerprint density at radius 3 is 2.38 bits per heavy atom. The number of piperazine rings is 1. The van der Waals surface area contributed by atoms with Crippen LogP contribution in [0.5, 0.6) is 5.75 Å². The minimum Gasteiger partial charge on any atom is -0.493 e. The smallest absolute Gasteiger partial charge is 0.416 e. The van der Waals surface area contributed by atoms with Gasteiger partial charge < -0.3 is 19.4 Å². The summed E-state index contributed by atoms with van der Waals surface area (Å²) in [5.74, 6) is 0.882. The summed E-state index contributed by atoms with van der Waals surface area (Å²) in [5, 5.41) is 12.5. The molecule has 7 nitrogen and oxygen atoms in total. The van der Waals surface area contributed by atoms with E-state index in [0.29, 0.717) is 34.8 Å². The van der Waals surface area contributed by atoms with Crippen LogP contribution < -0.4 is 15.0 Å². The lowest BCUT2D eigenvalue weighted by atomic mass is 10.1. The van der Waals surface area contributed by atoms with Crippen LogP contribution in [-0.2, 0) is 6.18 Å². The Balaban J connectivity index is 1.15. The third-order valence-corrected chi connectivity index (χ3v) is 6.60. The zero-order valence-corrected chi connectivity index (χ0v) is 21.3. The normalized spacial score (nSPS) is 14.3. The monoisotopic (exact) mass is 533 g/mol. The van der Waals surface area contributed by atoms with Crippen molar-refractivity contribution >= 4 is 22.5 Å². The fourth-order valence-corrected chi connectivity index (χ4v) is 4.58. The number of anilines is 2. The number of nitrogens with zero attached hydrogens (tertiary/aromatic N) is 4. The fraction of sp³-hybridized carbons (Fsp3) is 0.241. The van der Waals surface area contributed by atoms with Crippen LogP contribution in [0.3, 0.4) is 0 Å². The van der Waals surface area contributed by atoms with Crippen molar-refractivity contribution in [3.8, 4) is 23.3 Å². The van der Waals surface area contributed by atoms with E-state index in [2.05, 4.69) is 32.7 Å². The van der Waals surface area contributed by atoms with E-state index in [1.807, 2.05) is 24.3 Å². The number of fused-ring (bicyclic) bond motifs is 1. The Labute approximate surface area is 223 Å². The molecule has 0 atom stereocenters. The van der Waals surface area contributed by atoms with Crippen LogP contribution in [0, 0.1) is 11.3 Å². The molecule has 10 heteroatoms. The molecular weight excluding hydrogens is 507 g/mol. The second kappa shape index (κ2) is 10.7. The average molecular weight is 534 g/mol. The third-order valence-electron chi connectivity index (χ3n) is 6.60. The van der Waals surface area contributed by atoms with Crippen molar-refractivity contribution in [3.63, 3.8) is 0 Å². The number of rotatable bonds is 7. The Bertz CT molecular complexity index is 1510. The number of aromatic nitrogens is 1. The summed E-state index contributed by atoms with van der Waals surface area (Å²) in [7, 11) is 1.52. The van der Waals surface area contributed by atoms with Gasteiger partial charge in [-0.15, -0.1) is 0 Å². The zero-order chi connectivity index (χ0) is 27.6. The molecule has 200 valence electrons. The van der Waals surface area contributed by atoms with Gasteiger partial charge in [0.1, 0.15) is 5.52 Å². The highest BCUT2D eigenvalue weighted by Crippen LogP contribution is 2.33. The van der Waals surface area contributed by atoms with Gasteiger partial charge in [-0.05, 0) is 54.6 Å². The second-order valence-electron chi connectivity index (χ2n) is 9.27. The van der Waals surface area contributed by atoms with Gasteiger partial charge in [0.25, 0.3) is 0 Å². The molecule has 1 aromatic heterocycles. The molecule has 3 aromatic carbocycles. The van der Waals surface area contributed by atoms with Crippen LogP contribution >= 0.6 is 0 Å². The molecule has 2 heterocycles. The van der Waals surface area contributed by atoms with Gasteiger partial charge in [0.15, 0.2) is 11.3 Å². The van der Waals surface area contributed by atoms with E-state index in [1.165, 1.54) is 19.2 Å². The molecule has 39 heavy (non-hydrogen) atoms. The lowest BCUT2D eigenvalue weighted by molar-refractivity contribution is -0.137. The summed E-state index contributed by atoms with van der Waals surface area (Å²) in [5.41, 5.74) is 4.12. The molecule has 0 saturated carbocycles. The lowest BCUT2D eigenvalue weighted by Gasteiger charge is -2.36. The van der Waals surface area contributed by atoms with Gasteiger partial charge >= 0.3 is 6.18 Å². The first kappa shape index (κ1) is 26.1. The van der Waals surface area contributed by atoms with Crippen molar-refractivity contribution in [2.45, 2.75) is 6.18 Å². The molecular formula is C29H26F3N5O2. The second-order valence-corrected chi connectivity index (χ2v) is 9.27. The van der Waals surface area contributed by atoms with Crippen molar-refractivity contribution in [1.82, 2.24) is 9.88 Å². The van der Waals surface area contributed by atoms with E-state index in [9.17, 15) is 18.4 Å². The number of benzene rings is 3. The number of oxazole rings is 1. The Morgan fingerprint density at radius 1 is 1.08 bits per heavy atom. The van der Waals surface area contributed by atoms with Crippen LogP contribution in [0.25, 0.3) is 22.6 Å². The molecule has 0 aliphatic carbocycles. The minimum absolute atomic E-state index is 0.426. The van der Waals surface area contributed by atoms with E-state index in [4.69, 9.17) is 9.15 Å². The molecule has 1 N–H and O–H groups in total. The number of hydrogen-bond donors (Lipinski definition) is 1. The Hall–Kier alpha value is -4.49. The molecule has 1 fully saturated rings. The number of methoxy groups -OCH3 is 1. The van der Waals surface area contributed by atoms with E-state index in [1.54, 1.807) is 12.1 Å². The van der Waals surface area contributed by atoms with Crippen LogP contribution in [0.2, 0.25) is 0 Å². The minimum atomic E-state index is -4.33. The summed E-state index contributed by atoms with van der Waals surface area (Å²) < 4.78 is 49.7. The van der Waals surface area contributed by atoms with Gasteiger partial charge in [-0.25, -0.2) is 4.98 Å². The summed E-state index contributed by atoms with van der Waals surface area (Å²) >= 11 is 0. The SMILES string of the molecule is C=C(CN1CCN(c2ccc(C(F)(F)F)cc2)CC1)Nc1ccc(-c2nc3cc(C#N)cc(OC)c3o2)cc1. The molecule has 1 saturated heterocycles. The highest BCUT2D eigenvalue weighted by atomic mass is 19.4. The fourth-order valence-electron chi connectivity index (χ4n) is 4.58. The first-order valence-electron chi connectivity index (χ1n) is 12.3. The maximum atomic E-state index is 12.8. The molecule has 0 amide bonds. The topological polar surface area (TPSA) is 77.6 Å². The highest BCUT2D eigenvalue weighted by Gasteiger charge is 2.30. The molecule has 0 unspecified atom stereocenters. The van der Waals surface area contributed by atoms with Crippen LogP contribution in [0.15, 0.2) is 77.4 Å². The van der Waals surface area contributed by atoms with E-state index in [0.717, 1.165) is 60.9 Å². The molecule has 1 aliphatic heterocycles. The quantitative estimate of drug-likeness (QED) is 0.306. The lowest BCUT2D eigenvalue weighted by Crippen LogP contribution is -2.47. The maximum absolute atomic E-state index is 12.8. The number of nitriles is 1. The number of ether oxygens (including phenoxy) is 1. The molecule has 0 radical (unpaired) electrons. The maximum Gasteiger partial charge on any atom is 0.416 e. The van der Waals surface area contributed by atoms with Gasteiger partial charge in [0, 0.05) is 61.4 Å². The number of hydrogen-bond acceptors (Lipinski definition) is 7. The van der Waals surface area contributed by atoms with Crippen molar-refractivity contribution in [2.75, 3.05) is 50.1 Å². The van der Waals surface area contributed by atoms with Crippen LogP contribution in [0.1, 0.15) is 11.1 Å². The summed E-state index contributed by atoms with van der Waals surface area (Å²) in [6.07, 6.45) is -4.33. The van der Waals surface area contributed by atoms with Crippen molar-refractivity contribution in [3.05, 3.63) is 84.1 Å². The van der Waals surface area contributed by atoms with Gasteiger partial charge in [0.05, 0.1) is 24.3 Å². The van der Waals surface area contributed by atoms with E-state index in [-0.39, 0.29) is 0 Å². The highest BCUT2D eigenvalue weighted by molar-refractivity contribution is 5.83. The van der Waals surface area contributed by atoms with Gasteiger partial charge in [-0.3, -0.25) is 4.90 Å². The molecule has 4 aromatic rings. The number of halogens is 3. The van der Waals surface area contributed by atoms with E-state index >= 15 is 0 Å². The summed E-state index contributed by atoms with van der Waals surface area (Å²) in [6, 6.07) is 18.3. The average Bonchev–Trinajstić information content (AvgIpc) is 3.37. The van der Waals surface area contributed by atoms with Gasteiger partial charge in [0.2, 0.25) is 5.89 Å². The Morgan fingerprint density at radius 2 is 1.77 bits per heavy atom. The molecule has 5 rings (SSSR count). The van der Waals surface area contributed by atoms with Crippen LogP contribution in [0.4, 0.5) is 24.5 Å². The molecule has 0 spiro atoms. The molecule has 0 bridgehead atoms. The van der Waals surface area contributed by atoms with Crippen LogP contribution in [-0.4, -0.2) is 49.7 Å². The summed E-state index contributed by atoms with van der Waals surface area (Å²) in [4.78, 5) is 8.86. The van der Waals surface area contributed by atoms with Crippen molar-refractivity contribution in [2.24, 2.45) is 0 Å². The largest absolute Gasteiger partial charge is 0.493 e. The van der Waals surface area contributed by atoms with Crippen molar-refractivity contribution in [1.29, 1.82) is 5.26 Å². The van der Waals surface area contributed by atoms with Gasteiger partial charge in [-0.1, -0.05) is 6.58 Å². The first-order chi connectivity index (χ1) is 18.7. The van der Waals surface area contributed by atoms with Crippen molar-refractivity contribution < 1.29 is 22.3 Å². The standard InChI is InChI=1S/C29H26F3N5O2/c1-19(18-36-11-13-37(14-12-36)24-9-5-22(6-10-24)29(30,31)32)34-23-7-3-21(4-8-23)28-35-25-15-20(17-33)16-26(38-2)27(25)39-28/h3-10,15-16,34H,1,11-14,18H2,2H3. The third kappa shape index (κ3) is 5.84. The van der Waals surface area contributed by atoms with Gasteiger partial charge in [-0.2, -0.15) is 18.4 Å². The van der Waals surface area contributed by atoms with E-state index < -0.39 is 11.7 Å². The Kier molecular flexibility index (Phi) is 7.17.